The Kier molecular flexibility index (Phi) is 5.07. The first-order valence-electron chi connectivity index (χ1n) is 7.85. The largest absolute Gasteiger partial charge is 0.447 e. The molecule has 0 radical (unpaired) electrons. The molecule has 3 rings (SSSR count). The number of anilines is 2. The van der Waals surface area contributed by atoms with Gasteiger partial charge in [0.05, 0.1) is 12.6 Å². The van der Waals surface area contributed by atoms with E-state index in [0.29, 0.717) is 24.9 Å². The lowest BCUT2D eigenvalue weighted by molar-refractivity contribution is 0.181. The molecule has 1 unspecified atom stereocenters. The number of thiophene rings is 1. The van der Waals surface area contributed by atoms with E-state index in [2.05, 4.69) is 39.7 Å². The first-order chi connectivity index (χ1) is 11.3. The quantitative estimate of drug-likeness (QED) is 0.834. The average Bonchev–Trinajstić information content (AvgIpc) is 3.23. The Bertz CT molecular complexity index is 647. The molecule has 0 saturated carbocycles. The number of nitrogens with zero attached hydrogens (tertiary/aromatic N) is 3. The van der Waals surface area contributed by atoms with E-state index in [9.17, 15) is 4.79 Å². The highest BCUT2D eigenvalue weighted by molar-refractivity contribution is 7.10. The van der Waals surface area contributed by atoms with Crippen molar-refractivity contribution in [3.05, 3.63) is 34.7 Å². The van der Waals surface area contributed by atoms with Gasteiger partial charge in [0.15, 0.2) is 0 Å². The number of rotatable bonds is 7. The highest BCUT2D eigenvalue weighted by atomic mass is 32.1. The molecule has 2 aromatic rings. The maximum atomic E-state index is 11.7. The number of hydrogen-bond donors (Lipinski definition) is 1. The van der Waals surface area contributed by atoms with Crippen molar-refractivity contribution in [3.8, 4) is 0 Å². The third-order valence-corrected chi connectivity index (χ3v) is 4.70. The molecule has 23 heavy (non-hydrogen) atoms. The lowest BCUT2D eigenvalue weighted by Crippen LogP contribution is -2.25. The van der Waals surface area contributed by atoms with E-state index in [1.807, 2.05) is 0 Å². The summed E-state index contributed by atoms with van der Waals surface area (Å²) >= 11 is 1.73. The van der Waals surface area contributed by atoms with Gasteiger partial charge >= 0.3 is 6.09 Å². The van der Waals surface area contributed by atoms with Crippen molar-refractivity contribution in [2.75, 3.05) is 23.4 Å². The van der Waals surface area contributed by atoms with Gasteiger partial charge in [-0.25, -0.2) is 9.78 Å². The number of carbonyl (C=O) groups is 1. The predicted octanol–water partition coefficient (Wildman–Crippen LogP) is 3.84. The summed E-state index contributed by atoms with van der Waals surface area (Å²) in [6, 6.07) is 6.10. The molecular weight excluding hydrogens is 312 g/mol. The fourth-order valence-corrected chi connectivity index (χ4v) is 3.32. The van der Waals surface area contributed by atoms with Gasteiger partial charge in [-0.15, -0.1) is 11.3 Å². The molecule has 1 aliphatic heterocycles. The predicted molar refractivity (Wildman–Crippen MR) is 90.9 cm³/mol. The lowest BCUT2D eigenvalue weighted by atomic mass is 10.1. The second-order valence-corrected chi connectivity index (χ2v) is 6.34. The molecular formula is C16H20N4O2S. The Balaban J connectivity index is 1.76. The maximum absolute atomic E-state index is 11.7. The second-order valence-electron chi connectivity index (χ2n) is 5.36. The summed E-state index contributed by atoms with van der Waals surface area (Å²) in [5.41, 5.74) is 0. The Hall–Kier alpha value is -2.15. The van der Waals surface area contributed by atoms with Gasteiger partial charge in [-0.2, -0.15) is 4.98 Å². The van der Waals surface area contributed by atoms with Gasteiger partial charge in [0.2, 0.25) is 5.95 Å². The van der Waals surface area contributed by atoms with Crippen LogP contribution in [0.5, 0.6) is 0 Å². The zero-order chi connectivity index (χ0) is 16.1. The van der Waals surface area contributed by atoms with Gasteiger partial charge in [-0.1, -0.05) is 25.8 Å². The van der Waals surface area contributed by atoms with Gasteiger partial charge < -0.3 is 10.1 Å². The van der Waals surface area contributed by atoms with Crippen LogP contribution in [0.25, 0.3) is 0 Å². The molecule has 1 fully saturated rings. The Morgan fingerprint density at radius 2 is 2.39 bits per heavy atom. The molecule has 0 aromatic carbocycles. The van der Waals surface area contributed by atoms with E-state index in [-0.39, 0.29) is 12.1 Å². The van der Waals surface area contributed by atoms with Gasteiger partial charge in [-0.05, 0) is 23.9 Å². The fourth-order valence-electron chi connectivity index (χ4n) is 2.51. The highest BCUT2D eigenvalue weighted by Crippen LogP contribution is 2.27. The van der Waals surface area contributed by atoms with E-state index in [1.54, 1.807) is 23.6 Å². The van der Waals surface area contributed by atoms with E-state index in [4.69, 9.17) is 4.74 Å². The van der Waals surface area contributed by atoms with Crippen LogP contribution in [-0.4, -0.2) is 29.2 Å². The van der Waals surface area contributed by atoms with Crippen LogP contribution < -0.4 is 10.2 Å². The number of nitrogens with one attached hydrogen (secondary N) is 1. The molecule has 6 nitrogen and oxygen atoms in total. The van der Waals surface area contributed by atoms with E-state index < -0.39 is 0 Å². The Morgan fingerprint density at radius 1 is 1.48 bits per heavy atom. The zero-order valence-electron chi connectivity index (χ0n) is 13.1. The lowest BCUT2D eigenvalue weighted by Gasteiger charge is -2.18. The molecule has 1 atom stereocenters. The average molecular weight is 332 g/mol. The van der Waals surface area contributed by atoms with Gasteiger partial charge in [0, 0.05) is 11.1 Å². The summed E-state index contributed by atoms with van der Waals surface area (Å²) in [5.74, 6) is 1.11. The maximum Gasteiger partial charge on any atom is 0.415 e. The van der Waals surface area contributed by atoms with Crippen LogP contribution in [0.15, 0.2) is 29.8 Å². The second kappa shape index (κ2) is 7.41. The Labute approximate surface area is 139 Å². The minimum atomic E-state index is -0.351. The van der Waals surface area contributed by atoms with E-state index in [0.717, 1.165) is 19.3 Å². The number of hydrogen-bond acceptors (Lipinski definition) is 6. The smallest absolute Gasteiger partial charge is 0.415 e. The van der Waals surface area contributed by atoms with Crippen LogP contribution in [0.4, 0.5) is 16.6 Å². The molecule has 7 heteroatoms. The minimum Gasteiger partial charge on any atom is -0.447 e. The molecule has 1 amide bonds. The van der Waals surface area contributed by atoms with Crippen molar-refractivity contribution in [3.63, 3.8) is 0 Å². The first kappa shape index (κ1) is 15.7. The molecule has 122 valence electrons. The molecule has 0 aliphatic carbocycles. The molecule has 0 spiro atoms. The van der Waals surface area contributed by atoms with Gasteiger partial charge in [0.25, 0.3) is 0 Å². The van der Waals surface area contributed by atoms with Crippen molar-refractivity contribution >= 4 is 29.2 Å². The van der Waals surface area contributed by atoms with Crippen molar-refractivity contribution < 1.29 is 9.53 Å². The normalized spacial score (nSPS) is 15.5. The van der Waals surface area contributed by atoms with Crippen molar-refractivity contribution in [2.24, 2.45) is 0 Å². The molecule has 1 aliphatic rings. The summed E-state index contributed by atoms with van der Waals surface area (Å²) in [6.07, 6.45) is 4.62. The van der Waals surface area contributed by atoms with Crippen molar-refractivity contribution in [1.82, 2.24) is 9.97 Å². The fraction of sp³-hybridized carbons (Fsp3) is 0.438. The molecule has 1 saturated heterocycles. The molecule has 1 N–H and O–H groups in total. The number of amides is 1. The summed E-state index contributed by atoms with van der Waals surface area (Å²) in [6.45, 7) is 3.11. The van der Waals surface area contributed by atoms with Crippen LogP contribution in [0.2, 0.25) is 0 Å². The molecule has 2 aromatic heterocycles. The number of carbonyl (C=O) groups excluding carboxylic acids is 1. The van der Waals surface area contributed by atoms with Crippen LogP contribution in [-0.2, 0) is 4.74 Å². The summed E-state index contributed by atoms with van der Waals surface area (Å²) in [7, 11) is 0. The van der Waals surface area contributed by atoms with Crippen LogP contribution in [0.1, 0.15) is 37.1 Å². The number of ether oxygens (including phenoxy) is 1. The third kappa shape index (κ3) is 3.79. The van der Waals surface area contributed by atoms with E-state index in [1.165, 1.54) is 9.78 Å². The molecule has 3 heterocycles. The van der Waals surface area contributed by atoms with Crippen molar-refractivity contribution in [2.45, 2.75) is 32.2 Å². The topological polar surface area (TPSA) is 67.3 Å². The summed E-state index contributed by atoms with van der Waals surface area (Å²) in [5, 5.41) is 5.48. The van der Waals surface area contributed by atoms with Gasteiger partial charge in [0.1, 0.15) is 12.4 Å². The van der Waals surface area contributed by atoms with Crippen LogP contribution >= 0.6 is 11.3 Å². The number of unbranched alkanes of at least 4 members (excludes halogenated alkanes) is 1. The number of aromatic nitrogens is 2. The monoisotopic (exact) mass is 332 g/mol. The molecule has 0 bridgehead atoms. The Morgan fingerprint density at radius 3 is 3.09 bits per heavy atom. The van der Waals surface area contributed by atoms with Crippen LogP contribution in [0, 0.1) is 0 Å². The standard InChI is InChI=1S/C16H20N4O2S/c1-2-3-5-12(13-6-4-11-23-13)18-15-17-8-7-14(19-15)20-9-10-22-16(20)21/h4,6-8,11-12H,2-3,5,9-10H2,1H3,(H,17,18,19). The summed E-state index contributed by atoms with van der Waals surface area (Å²) < 4.78 is 4.96. The van der Waals surface area contributed by atoms with Crippen LogP contribution in [0.3, 0.4) is 0 Å². The van der Waals surface area contributed by atoms with Crippen molar-refractivity contribution in [1.29, 1.82) is 0 Å². The first-order valence-corrected chi connectivity index (χ1v) is 8.73. The SMILES string of the molecule is CCCCC(Nc1nccc(N2CCOC2=O)n1)c1cccs1. The highest BCUT2D eigenvalue weighted by Gasteiger charge is 2.25. The van der Waals surface area contributed by atoms with E-state index >= 15 is 0 Å². The third-order valence-electron chi connectivity index (χ3n) is 3.71. The van der Waals surface area contributed by atoms with Gasteiger partial charge in [-0.3, -0.25) is 4.90 Å². The number of cyclic esters (lactones) is 1. The minimum absolute atomic E-state index is 0.190. The summed E-state index contributed by atoms with van der Waals surface area (Å²) in [4.78, 5) is 23.2. The zero-order valence-corrected chi connectivity index (χ0v) is 13.9.